The molecule has 0 saturated carbocycles. The zero-order valence-electron chi connectivity index (χ0n) is 10.9. The Hall–Kier alpha value is -2.20. The van der Waals surface area contributed by atoms with Crippen LogP contribution in [-0.2, 0) is 6.67 Å². The van der Waals surface area contributed by atoms with Gasteiger partial charge < -0.3 is 10.4 Å². The van der Waals surface area contributed by atoms with Crippen molar-refractivity contribution in [3.8, 4) is 0 Å². The van der Waals surface area contributed by atoms with E-state index in [-0.39, 0.29) is 12.5 Å². The highest BCUT2D eigenvalue weighted by molar-refractivity contribution is 5.94. The number of hydrogen-bond donors (Lipinski definition) is 2. The highest BCUT2D eigenvalue weighted by Crippen LogP contribution is 2.16. The first-order valence-corrected chi connectivity index (χ1v) is 6.36. The molecule has 1 atom stereocenters. The molecule has 0 radical (unpaired) electrons. The smallest absolute Gasteiger partial charge is 0.251 e. The number of aliphatic hydroxyl groups is 1. The second-order valence-corrected chi connectivity index (χ2v) is 4.45. The largest absolute Gasteiger partial charge is 0.394 e. The summed E-state index contributed by atoms with van der Waals surface area (Å²) in [5.74, 6) is -0.268. The summed E-state index contributed by atoms with van der Waals surface area (Å²) >= 11 is 0. The molecular weight excluding hydrogens is 257 g/mol. The van der Waals surface area contributed by atoms with Crippen LogP contribution >= 0.6 is 0 Å². The number of benzene rings is 2. The van der Waals surface area contributed by atoms with Gasteiger partial charge in [-0.1, -0.05) is 42.5 Å². The summed E-state index contributed by atoms with van der Waals surface area (Å²) in [7, 11) is 0. The fourth-order valence-electron chi connectivity index (χ4n) is 1.96. The Kier molecular flexibility index (Phi) is 4.85. The molecule has 3 nitrogen and oxygen atoms in total. The number of halogens is 1. The van der Waals surface area contributed by atoms with E-state index in [4.69, 9.17) is 0 Å². The maximum atomic E-state index is 12.7. The summed E-state index contributed by atoms with van der Waals surface area (Å²) in [6, 6.07) is 15.0. The first-order chi connectivity index (χ1) is 9.74. The van der Waals surface area contributed by atoms with E-state index in [1.807, 2.05) is 6.07 Å². The van der Waals surface area contributed by atoms with Crippen LogP contribution < -0.4 is 5.32 Å². The molecule has 0 fully saturated rings. The Labute approximate surface area is 117 Å². The van der Waals surface area contributed by atoms with Gasteiger partial charge >= 0.3 is 0 Å². The summed E-state index contributed by atoms with van der Waals surface area (Å²) in [5, 5.41) is 12.2. The van der Waals surface area contributed by atoms with E-state index in [1.54, 1.807) is 48.5 Å². The summed E-state index contributed by atoms with van der Waals surface area (Å²) in [5.41, 5.74) is 1.73. The molecule has 1 unspecified atom stereocenters. The van der Waals surface area contributed by atoms with Crippen molar-refractivity contribution in [2.75, 3.05) is 6.61 Å². The van der Waals surface area contributed by atoms with Crippen LogP contribution in [0.5, 0.6) is 0 Å². The van der Waals surface area contributed by atoms with E-state index in [0.717, 1.165) is 0 Å². The van der Waals surface area contributed by atoms with Crippen LogP contribution in [0.4, 0.5) is 4.39 Å². The SMILES string of the molecule is O=C(NC(CO)c1cccc(CF)c1)c1ccccc1. The van der Waals surface area contributed by atoms with Gasteiger partial charge in [-0.05, 0) is 23.3 Å². The van der Waals surface area contributed by atoms with Gasteiger partial charge in [0.1, 0.15) is 6.67 Å². The van der Waals surface area contributed by atoms with Crippen molar-refractivity contribution in [1.82, 2.24) is 5.32 Å². The normalized spacial score (nSPS) is 11.9. The van der Waals surface area contributed by atoms with Gasteiger partial charge in [-0.15, -0.1) is 0 Å². The van der Waals surface area contributed by atoms with Crippen molar-refractivity contribution >= 4 is 5.91 Å². The molecule has 2 aromatic carbocycles. The van der Waals surface area contributed by atoms with Crippen molar-refractivity contribution < 1.29 is 14.3 Å². The molecule has 2 rings (SSSR count). The Morgan fingerprint density at radius 1 is 1.15 bits per heavy atom. The molecule has 0 spiro atoms. The fourth-order valence-corrected chi connectivity index (χ4v) is 1.96. The van der Waals surface area contributed by atoms with Gasteiger partial charge in [0.05, 0.1) is 12.6 Å². The van der Waals surface area contributed by atoms with Crippen molar-refractivity contribution in [1.29, 1.82) is 0 Å². The van der Waals surface area contributed by atoms with Gasteiger partial charge in [-0.3, -0.25) is 4.79 Å². The number of amides is 1. The molecule has 0 aromatic heterocycles. The number of carbonyl (C=O) groups excluding carboxylic acids is 1. The molecule has 2 aromatic rings. The molecular formula is C16H16FNO2. The van der Waals surface area contributed by atoms with Gasteiger partial charge in [0.15, 0.2) is 0 Å². The lowest BCUT2D eigenvalue weighted by molar-refractivity contribution is 0.0916. The lowest BCUT2D eigenvalue weighted by Crippen LogP contribution is -2.30. The Bertz CT molecular complexity index is 572. The maximum absolute atomic E-state index is 12.7. The topological polar surface area (TPSA) is 49.3 Å². The Balaban J connectivity index is 2.14. The molecule has 0 heterocycles. The molecule has 0 aliphatic rings. The minimum absolute atomic E-state index is 0.242. The summed E-state index contributed by atoms with van der Waals surface area (Å²) in [6.07, 6.45) is 0. The minimum Gasteiger partial charge on any atom is -0.394 e. The molecule has 0 aliphatic carbocycles. The van der Waals surface area contributed by atoms with Gasteiger partial charge in [0.2, 0.25) is 0 Å². The summed E-state index contributed by atoms with van der Waals surface area (Å²) < 4.78 is 12.7. The number of aliphatic hydroxyl groups excluding tert-OH is 1. The third-order valence-corrected chi connectivity index (χ3v) is 3.03. The monoisotopic (exact) mass is 273 g/mol. The fraction of sp³-hybridized carbons (Fsp3) is 0.188. The van der Waals surface area contributed by atoms with Gasteiger partial charge in [-0.2, -0.15) is 0 Å². The Morgan fingerprint density at radius 2 is 1.90 bits per heavy atom. The van der Waals surface area contributed by atoms with Gasteiger partial charge in [0.25, 0.3) is 5.91 Å². The number of rotatable bonds is 5. The Morgan fingerprint density at radius 3 is 2.55 bits per heavy atom. The van der Waals surface area contributed by atoms with E-state index in [9.17, 15) is 14.3 Å². The molecule has 0 saturated heterocycles. The second-order valence-electron chi connectivity index (χ2n) is 4.45. The molecule has 1 amide bonds. The first kappa shape index (κ1) is 14.2. The molecule has 4 heteroatoms. The summed E-state index contributed by atoms with van der Waals surface area (Å²) in [6.45, 7) is -0.813. The third kappa shape index (κ3) is 3.42. The van der Waals surface area contributed by atoms with E-state index in [2.05, 4.69) is 5.32 Å². The summed E-state index contributed by atoms with van der Waals surface area (Å²) in [4.78, 5) is 12.0. The molecule has 0 bridgehead atoms. The van der Waals surface area contributed by atoms with Crippen molar-refractivity contribution in [3.63, 3.8) is 0 Å². The van der Waals surface area contributed by atoms with Crippen LogP contribution in [0.3, 0.4) is 0 Å². The molecule has 2 N–H and O–H groups in total. The lowest BCUT2D eigenvalue weighted by atomic mass is 10.0. The van der Waals surface area contributed by atoms with Crippen LogP contribution in [0.15, 0.2) is 54.6 Å². The van der Waals surface area contributed by atoms with Gasteiger partial charge in [-0.25, -0.2) is 4.39 Å². The van der Waals surface area contributed by atoms with E-state index in [0.29, 0.717) is 16.7 Å². The van der Waals surface area contributed by atoms with E-state index >= 15 is 0 Å². The standard InChI is InChI=1S/C16H16FNO2/c17-10-12-5-4-8-14(9-12)15(11-19)18-16(20)13-6-2-1-3-7-13/h1-9,15,19H,10-11H2,(H,18,20). The van der Waals surface area contributed by atoms with Crippen LogP contribution in [0.1, 0.15) is 27.5 Å². The predicted octanol–water partition coefficient (Wildman–Crippen LogP) is 2.62. The predicted molar refractivity (Wildman–Crippen MR) is 75.0 cm³/mol. The molecule has 20 heavy (non-hydrogen) atoms. The van der Waals surface area contributed by atoms with Crippen LogP contribution in [0.2, 0.25) is 0 Å². The molecule has 104 valence electrons. The number of hydrogen-bond acceptors (Lipinski definition) is 2. The van der Waals surface area contributed by atoms with Crippen molar-refractivity contribution in [3.05, 3.63) is 71.3 Å². The lowest BCUT2D eigenvalue weighted by Gasteiger charge is -2.17. The van der Waals surface area contributed by atoms with Gasteiger partial charge in [0, 0.05) is 5.56 Å². The van der Waals surface area contributed by atoms with Crippen molar-refractivity contribution in [2.45, 2.75) is 12.7 Å². The third-order valence-electron chi connectivity index (χ3n) is 3.03. The van der Waals surface area contributed by atoms with E-state index in [1.165, 1.54) is 0 Å². The number of alkyl halides is 1. The zero-order chi connectivity index (χ0) is 14.4. The first-order valence-electron chi connectivity index (χ1n) is 6.36. The highest BCUT2D eigenvalue weighted by Gasteiger charge is 2.15. The maximum Gasteiger partial charge on any atom is 0.251 e. The highest BCUT2D eigenvalue weighted by atomic mass is 19.1. The number of nitrogens with one attached hydrogen (secondary N) is 1. The van der Waals surface area contributed by atoms with Crippen LogP contribution in [0.25, 0.3) is 0 Å². The average Bonchev–Trinajstić information content (AvgIpc) is 2.53. The van der Waals surface area contributed by atoms with Crippen molar-refractivity contribution in [2.24, 2.45) is 0 Å². The second kappa shape index (κ2) is 6.82. The zero-order valence-corrected chi connectivity index (χ0v) is 10.9. The average molecular weight is 273 g/mol. The minimum atomic E-state index is -0.571. The molecule has 0 aliphatic heterocycles. The van der Waals surface area contributed by atoms with E-state index < -0.39 is 12.7 Å². The number of carbonyl (C=O) groups is 1. The quantitative estimate of drug-likeness (QED) is 0.879. The van der Waals surface area contributed by atoms with Crippen LogP contribution in [-0.4, -0.2) is 17.6 Å². The van der Waals surface area contributed by atoms with Crippen LogP contribution in [0, 0.1) is 0 Å².